The molecule has 1 saturated heterocycles. The second-order valence-electron chi connectivity index (χ2n) is 4.29. The Bertz CT molecular complexity index is 187. The Kier molecular flexibility index (Phi) is 2.10. The van der Waals surface area contributed by atoms with Gasteiger partial charge in [0.1, 0.15) is 0 Å². The Labute approximate surface area is 79.5 Å². The summed E-state index contributed by atoms with van der Waals surface area (Å²) in [6.07, 6.45) is 6.08. The maximum atomic E-state index is 5.76. The van der Waals surface area contributed by atoms with Crippen LogP contribution in [0.3, 0.4) is 0 Å². The first kappa shape index (κ1) is 8.79. The lowest BCUT2D eigenvalue weighted by Gasteiger charge is -2.40. The minimum absolute atomic E-state index is 0. The van der Waals surface area contributed by atoms with Crippen LogP contribution in [0.4, 0.5) is 0 Å². The summed E-state index contributed by atoms with van der Waals surface area (Å²) < 4.78 is 5.76. The lowest BCUT2D eigenvalue weighted by atomic mass is 9.89. The van der Waals surface area contributed by atoms with Gasteiger partial charge in [0.2, 0.25) is 0 Å². The number of rotatable bonds is 0. The molecule has 3 rings (SSSR count). The highest BCUT2D eigenvalue weighted by Gasteiger charge is 2.53. The average Bonchev–Trinajstić information content (AvgIpc) is 2.57. The molecule has 1 spiro atoms. The van der Waals surface area contributed by atoms with Gasteiger partial charge in [-0.25, -0.2) is 0 Å². The van der Waals surface area contributed by atoms with Crippen LogP contribution >= 0.6 is 12.4 Å². The van der Waals surface area contributed by atoms with Gasteiger partial charge in [0.25, 0.3) is 0 Å². The summed E-state index contributed by atoms with van der Waals surface area (Å²) in [6.45, 7) is 2.00. The zero-order valence-corrected chi connectivity index (χ0v) is 8.03. The van der Waals surface area contributed by atoms with Crippen molar-refractivity contribution in [1.29, 1.82) is 0 Å². The van der Waals surface area contributed by atoms with Gasteiger partial charge in [0.05, 0.1) is 12.7 Å². The molecule has 1 aliphatic heterocycles. The van der Waals surface area contributed by atoms with Gasteiger partial charge in [-0.15, -0.1) is 12.4 Å². The van der Waals surface area contributed by atoms with Crippen LogP contribution < -0.4 is 5.32 Å². The standard InChI is InChI=1S/C9H15NO.ClH/c1-2-9-6-7(1)5-8(9)11-4-3-10-9;/h7-8,10H,1-6H2;1H/t7-,8-,9+;/m1./s1. The Balaban J connectivity index is 0.000000563. The predicted octanol–water partition coefficient (Wildman–Crippen LogP) is 1.34. The van der Waals surface area contributed by atoms with Crippen LogP contribution in [0.2, 0.25) is 0 Å². The molecular weight excluding hydrogens is 174 g/mol. The van der Waals surface area contributed by atoms with E-state index in [-0.39, 0.29) is 12.4 Å². The van der Waals surface area contributed by atoms with Gasteiger partial charge in [-0.3, -0.25) is 0 Å². The summed E-state index contributed by atoms with van der Waals surface area (Å²) in [5, 5.41) is 3.66. The predicted molar refractivity (Wildman–Crippen MR) is 49.7 cm³/mol. The fraction of sp³-hybridized carbons (Fsp3) is 1.00. The van der Waals surface area contributed by atoms with Gasteiger partial charge < -0.3 is 10.1 Å². The van der Waals surface area contributed by atoms with Crippen LogP contribution in [-0.2, 0) is 4.74 Å². The molecule has 2 nitrogen and oxygen atoms in total. The normalized spacial score (nSPS) is 50.0. The zero-order valence-electron chi connectivity index (χ0n) is 7.21. The Hall–Kier alpha value is 0.210. The summed E-state index contributed by atoms with van der Waals surface area (Å²) in [5.74, 6) is 0.977. The topological polar surface area (TPSA) is 21.3 Å². The molecule has 2 aliphatic carbocycles. The van der Waals surface area contributed by atoms with E-state index in [1.807, 2.05) is 0 Å². The van der Waals surface area contributed by atoms with Crippen molar-refractivity contribution in [2.45, 2.75) is 37.3 Å². The van der Waals surface area contributed by atoms with Crippen molar-refractivity contribution >= 4 is 12.4 Å². The van der Waals surface area contributed by atoms with E-state index >= 15 is 0 Å². The highest BCUT2D eigenvalue weighted by Crippen LogP contribution is 2.49. The van der Waals surface area contributed by atoms with Crippen molar-refractivity contribution < 1.29 is 4.74 Å². The Morgan fingerprint density at radius 1 is 1.42 bits per heavy atom. The van der Waals surface area contributed by atoms with E-state index in [0.717, 1.165) is 19.1 Å². The summed E-state index contributed by atoms with van der Waals surface area (Å²) in [7, 11) is 0. The second kappa shape index (κ2) is 2.86. The first-order valence-electron chi connectivity index (χ1n) is 4.76. The molecule has 12 heavy (non-hydrogen) atoms. The van der Waals surface area contributed by atoms with Crippen LogP contribution in [0.25, 0.3) is 0 Å². The van der Waals surface area contributed by atoms with Gasteiger partial charge in [-0.2, -0.15) is 0 Å². The molecule has 0 radical (unpaired) electrons. The highest BCUT2D eigenvalue weighted by atomic mass is 35.5. The second-order valence-corrected chi connectivity index (χ2v) is 4.29. The van der Waals surface area contributed by atoms with E-state index in [0.29, 0.717) is 11.6 Å². The van der Waals surface area contributed by atoms with Gasteiger partial charge in [0.15, 0.2) is 0 Å². The Morgan fingerprint density at radius 3 is 3.08 bits per heavy atom. The molecule has 3 aliphatic rings. The Morgan fingerprint density at radius 2 is 2.33 bits per heavy atom. The number of hydrogen-bond acceptors (Lipinski definition) is 2. The lowest BCUT2D eigenvalue weighted by Crippen LogP contribution is -2.56. The SMILES string of the molecule is C1CO[C@@H]2C[C@H]3CC[C@@]2(C3)N1.Cl. The zero-order chi connectivity index (χ0) is 7.31. The molecule has 3 atom stereocenters. The molecular formula is C9H16ClNO. The van der Waals surface area contributed by atoms with Gasteiger partial charge in [-0.1, -0.05) is 0 Å². The summed E-state index contributed by atoms with van der Waals surface area (Å²) in [4.78, 5) is 0. The van der Waals surface area contributed by atoms with Crippen molar-refractivity contribution in [1.82, 2.24) is 5.32 Å². The van der Waals surface area contributed by atoms with Gasteiger partial charge in [-0.05, 0) is 31.6 Å². The maximum Gasteiger partial charge on any atom is 0.0759 e. The summed E-state index contributed by atoms with van der Waals surface area (Å²) in [5.41, 5.74) is 0.433. The fourth-order valence-electron chi connectivity index (χ4n) is 3.21. The third kappa shape index (κ3) is 1.02. The highest BCUT2D eigenvalue weighted by molar-refractivity contribution is 5.85. The fourth-order valence-corrected chi connectivity index (χ4v) is 3.21. The number of fused-ring (bicyclic) bond motifs is 1. The molecule has 70 valence electrons. The van der Waals surface area contributed by atoms with Gasteiger partial charge in [0, 0.05) is 12.1 Å². The van der Waals surface area contributed by atoms with Crippen molar-refractivity contribution in [3.8, 4) is 0 Å². The minimum atomic E-state index is 0. The van der Waals surface area contributed by atoms with Crippen LogP contribution in [-0.4, -0.2) is 24.8 Å². The third-order valence-corrected chi connectivity index (χ3v) is 3.71. The number of morpholine rings is 1. The van der Waals surface area contributed by atoms with Crippen LogP contribution in [0.1, 0.15) is 25.7 Å². The molecule has 0 amide bonds. The van der Waals surface area contributed by atoms with E-state index in [1.165, 1.54) is 25.7 Å². The molecule has 0 unspecified atom stereocenters. The molecule has 3 fully saturated rings. The first-order chi connectivity index (χ1) is 5.39. The largest absolute Gasteiger partial charge is 0.375 e. The van der Waals surface area contributed by atoms with E-state index < -0.39 is 0 Å². The van der Waals surface area contributed by atoms with E-state index in [9.17, 15) is 0 Å². The molecule has 0 aromatic carbocycles. The van der Waals surface area contributed by atoms with E-state index in [2.05, 4.69) is 5.32 Å². The van der Waals surface area contributed by atoms with Crippen LogP contribution in [0.5, 0.6) is 0 Å². The average molecular weight is 190 g/mol. The number of hydrogen-bond donors (Lipinski definition) is 1. The molecule has 2 bridgehead atoms. The van der Waals surface area contributed by atoms with Crippen molar-refractivity contribution in [3.63, 3.8) is 0 Å². The van der Waals surface area contributed by atoms with Crippen LogP contribution in [0, 0.1) is 5.92 Å². The van der Waals surface area contributed by atoms with Gasteiger partial charge >= 0.3 is 0 Å². The van der Waals surface area contributed by atoms with Crippen molar-refractivity contribution in [2.24, 2.45) is 5.92 Å². The number of halogens is 1. The van der Waals surface area contributed by atoms with Crippen molar-refractivity contribution in [2.75, 3.05) is 13.2 Å². The minimum Gasteiger partial charge on any atom is -0.375 e. The third-order valence-electron chi connectivity index (χ3n) is 3.71. The molecule has 0 aromatic heterocycles. The number of nitrogens with one attached hydrogen (secondary N) is 1. The smallest absolute Gasteiger partial charge is 0.0759 e. The monoisotopic (exact) mass is 189 g/mol. The molecule has 2 saturated carbocycles. The van der Waals surface area contributed by atoms with E-state index in [1.54, 1.807) is 0 Å². The quantitative estimate of drug-likeness (QED) is 0.621. The molecule has 3 heteroatoms. The summed E-state index contributed by atoms with van der Waals surface area (Å²) >= 11 is 0. The molecule has 1 N–H and O–H groups in total. The number of ether oxygens (including phenoxy) is 1. The molecule has 1 heterocycles. The maximum absolute atomic E-state index is 5.76. The summed E-state index contributed by atoms with van der Waals surface area (Å²) in [6, 6.07) is 0. The lowest BCUT2D eigenvalue weighted by molar-refractivity contribution is -0.0409. The van der Waals surface area contributed by atoms with E-state index in [4.69, 9.17) is 4.74 Å². The van der Waals surface area contributed by atoms with Crippen molar-refractivity contribution in [3.05, 3.63) is 0 Å². The molecule has 0 aromatic rings. The first-order valence-corrected chi connectivity index (χ1v) is 4.76. The van der Waals surface area contributed by atoms with Crippen LogP contribution in [0.15, 0.2) is 0 Å².